The monoisotopic (exact) mass is 665 g/mol. The van der Waals surface area contributed by atoms with Gasteiger partial charge in [-0.2, -0.15) is 8.42 Å². The Hall–Kier alpha value is -4.41. The molecule has 8 N–H and O–H groups in total. The zero-order valence-corrected chi connectivity index (χ0v) is 26.6. The normalized spacial score (nSPS) is 20.9. The van der Waals surface area contributed by atoms with Gasteiger partial charge in [0.05, 0.1) is 13.2 Å². The van der Waals surface area contributed by atoms with Crippen LogP contribution in [0.5, 0.6) is 23.0 Å². The molecule has 2 amide bonds. The summed E-state index contributed by atoms with van der Waals surface area (Å²) in [6.45, 7) is 3.53. The Labute approximate surface area is 265 Å². The third-order valence-corrected chi connectivity index (χ3v) is 10.6. The molecule has 2 aromatic rings. The maximum Gasteiger partial charge on any atom is 0.412 e. The van der Waals surface area contributed by atoms with Crippen molar-refractivity contribution in [1.29, 1.82) is 0 Å². The molecule has 4 atom stereocenters. The number of hydrogen-bond acceptors (Lipinski definition) is 12. The van der Waals surface area contributed by atoms with E-state index in [1.54, 1.807) is 13.8 Å². The number of fused-ring (bicyclic) bond motifs is 2. The van der Waals surface area contributed by atoms with E-state index in [0.717, 1.165) is 13.5 Å². The maximum atomic E-state index is 12.6. The number of nitrogens with two attached hydrogens (primary N) is 1. The molecular weight excluding hydrogens is 626 g/mol. The van der Waals surface area contributed by atoms with Crippen molar-refractivity contribution in [1.82, 2.24) is 10.6 Å². The van der Waals surface area contributed by atoms with Crippen molar-refractivity contribution in [2.24, 2.45) is 17.1 Å². The Bertz CT molecular complexity index is 1610. The van der Waals surface area contributed by atoms with Gasteiger partial charge in [0.15, 0.2) is 33.5 Å². The SMILES string of the molecule is CC1(C)[C@@H]2CC[C@@]1(S(=O)(=O)O)C(=O)C2.CNC(=O)Oc1cc(C[C@H](NC(=O)[C@H](N)Cc2ccc(O)c(O)c2)C(=O)OC)ccc1O. The molecule has 2 bridgehead atoms. The molecule has 4 rings (SSSR count). The molecular formula is C30H39N3O12S. The molecule has 15 nitrogen and oxygen atoms in total. The van der Waals surface area contributed by atoms with Crippen LogP contribution in [0.1, 0.15) is 44.2 Å². The highest BCUT2D eigenvalue weighted by molar-refractivity contribution is 7.88. The molecule has 46 heavy (non-hydrogen) atoms. The minimum absolute atomic E-state index is 0.0322. The second kappa shape index (κ2) is 13.9. The van der Waals surface area contributed by atoms with Crippen molar-refractivity contribution < 1.29 is 56.9 Å². The molecule has 0 radical (unpaired) electrons. The van der Waals surface area contributed by atoms with E-state index < -0.39 is 50.3 Å². The van der Waals surface area contributed by atoms with Gasteiger partial charge in [0.2, 0.25) is 5.91 Å². The number of phenols is 3. The van der Waals surface area contributed by atoms with Crippen molar-refractivity contribution in [2.45, 2.75) is 62.8 Å². The van der Waals surface area contributed by atoms with E-state index in [0.29, 0.717) is 17.5 Å². The first-order chi connectivity index (χ1) is 21.4. The number of ether oxygens (including phenoxy) is 2. The topological polar surface area (TPSA) is 252 Å². The average Bonchev–Trinajstić information content (AvgIpc) is 3.37. The number of ketones is 1. The fraction of sp³-hybridized carbons (Fsp3) is 0.467. The van der Waals surface area contributed by atoms with E-state index in [2.05, 4.69) is 10.6 Å². The van der Waals surface area contributed by atoms with E-state index >= 15 is 0 Å². The Morgan fingerprint density at radius 2 is 1.63 bits per heavy atom. The first kappa shape index (κ1) is 36.1. The standard InChI is InChI=1S/C21H25N3O8.C9H14O4S/c1-23-21(30)32-18-10-12(4-6-16(18)26)8-14(20(29)31-2)24-19(28)13(22)7-11-3-5-15(25)17(27)9-11;1-8(2)6-3-4-9(8,7(10)5-6)14(11,12)13/h3-6,9-10,13-14,25-27H,7-8,22H2,1-2H3,(H,23,30)(H,24,28);6H,3-5H2,1-2H3,(H,11,12,13)/t13-,14+;6-,9-/m11/s1. The molecule has 0 heterocycles. The van der Waals surface area contributed by atoms with Gasteiger partial charge in [-0.05, 0) is 66.0 Å². The summed E-state index contributed by atoms with van der Waals surface area (Å²) in [6.07, 6.45) is 0.515. The lowest BCUT2D eigenvalue weighted by atomic mass is 9.81. The van der Waals surface area contributed by atoms with Crippen LogP contribution in [0.2, 0.25) is 0 Å². The molecule has 2 aliphatic carbocycles. The third kappa shape index (κ3) is 7.35. The van der Waals surface area contributed by atoms with Gasteiger partial charge in [-0.3, -0.25) is 14.1 Å². The van der Waals surface area contributed by atoms with Gasteiger partial charge in [-0.1, -0.05) is 26.0 Å². The number of nitrogens with one attached hydrogen (secondary N) is 2. The summed E-state index contributed by atoms with van der Waals surface area (Å²) in [4.78, 5) is 47.9. The Morgan fingerprint density at radius 1 is 1.02 bits per heavy atom. The van der Waals surface area contributed by atoms with E-state index in [1.165, 1.54) is 43.4 Å². The quantitative estimate of drug-likeness (QED) is 0.113. The summed E-state index contributed by atoms with van der Waals surface area (Å²) >= 11 is 0. The van der Waals surface area contributed by atoms with Gasteiger partial charge in [-0.25, -0.2) is 9.59 Å². The number of phenolic OH excluding ortho intramolecular Hbond substituents is 3. The number of methoxy groups -OCH3 is 1. The summed E-state index contributed by atoms with van der Waals surface area (Å²) in [7, 11) is -1.76. The number of carbonyl (C=O) groups excluding carboxylic acids is 4. The number of benzene rings is 2. The number of esters is 1. The average molecular weight is 666 g/mol. The first-order valence-electron chi connectivity index (χ1n) is 14.2. The summed E-state index contributed by atoms with van der Waals surface area (Å²) < 4.78 is 40.2. The van der Waals surface area contributed by atoms with Crippen LogP contribution in [0.25, 0.3) is 0 Å². The van der Waals surface area contributed by atoms with Crippen LogP contribution in [-0.4, -0.2) is 83.0 Å². The van der Waals surface area contributed by atoms with Gasteiger partial charge < -0.3 is 41.2 Å². The van der Waals surface area contributed by atoms with Crippen LogP contribution in [-0.2, 0) is 42.1 Å². The maximum absolute atomic E-state index is 12.6. The summed E-state index contributed by atoms with van der Waals surface area (Å²) in [5, 5.41) is 33.6. The minimum Gasteiger partial charge on any atom is -0.504 e. The highest BCUT2D eigenvalue weighted by Gasteiger charge is 2.70. The highest BCUT2D eigenvalue weighted by Crippen LogP contribution is 2.61. The van der Waals surface area contributed by atoms with Gasteiger partial charge in [0, 0.05) is 19.9 Å². The summed E-state index contributed by atoms with van der Waals surface area (Å²) in [5.74, 6) is -2.62. The van der Waals surface area contributed by atoms with Gasteiger partial charge >= 0.3 is 12.1 Å². The lowest BCUT2D eigenvalue weighted by Gasteiger charge is -2.32. The lowest BCUT2D eigenvalue weighted by Crippen LogP contribution is -2.50. The minimum atomic E-state index is -4.28. The van der Waals surface area contributed by atoms with E-state index in [9.17, 15) is 47.5 Å². The Morgan fingerprint density at radius 3 is 2.11 bits per heavy atom. The molecule has 0 saturated heterocycles. The fourth-order valence-electron chi connectivity index (χ4n) is 6.05. The van der Waals surface area contributed by atoms with E-state index in [4.69, 9.17) is 15.2 Å². The smallest absolute Gasteiger partial charge is 0.412 e. The number of hydrogen-bond donors (Lipinski definition) is 7. The number of rotatable bonds is 9. The number of aromatic hydroxyl groups is 3. The number of Topliss-reactive ketones (excluding diaryl/α,β-unsaturated/α-hetero) is 1. The van der Waals surface area contributed by atoms with Gasteiger partial charge in [-0.15, -0.1) is 0 Å². The molecule has 2 fully saturated rings. The van der Waals surface area contributed by atoms with Gasteiger partial charge in [0.25, 0.3) is 10.1 Å². The Balaban J connectivity index is 0.000000339. The van der Waals surface area contributed by atoms with Crippen LogP contribution >= 0.6 is 0 Å². The predicted molar refractivity (Wildman–Crippen MR) is 163 cm³/mol. The number of amides is 2. The molecule has 0 unspecified atom stereocenters. The molecule has 2 saturated carbocycles. The van der Waals surface area contributed by atoms with Crippen molar-refractivity contribution in [3.05, 3.63) is 47.5 Å². The van der Waals surface area contributed by atoms with Crippen LogP contribution < -0.4 is 21.1 Å². The van der Waals surface area contributed by atoms with E-state index in [1.807, 2.05) is 0 Å². The lowest BCUT2D eigenvalue weighted by molar-refractivity contribution is -0.145. The molecule has 2 aromatic carbocycles. The molecule has 0 aliphatic heterocycles. The van der Waals surface area contributed by atoms with Crippen LogP contribution in [0.4, 0.5) is 4.79 Å². The highest BCUT2D eigenvalue weighted by atomic mass is 32.2. The molecule has 2 aliphatic rings. The van der Waals surface area contributed by atoms with Crippen LogP contribution in [0.15, 0.2) is 36.4 Å². The van der Waals surface area contributed by atoms with Crippen molar-refractivity contribution in [3.63, 3.8) is 0 Å². The van der Waals surface area contributed by atoms with Crippen molar-refractivity contribution >= 4 is 33.9 Å². The van der Waals surface area contributed by atoms with Crippen molar-refractivity contribution in [3.8, 4) is 23.0 Å². The molecule has 252 valence electrons. The van der Waals surface area contributed by atoms with Crippen molar-refractivity contribution in [2.75, 3.05) is 14.2 Å². The molecule has 0 spiro atoms. The molecule has 16 heteroatoms. The Kier molecular flexibility index (Phi) is 10.9. The zero-order chi connectivity index (χ0) is 34.6. The second-order valence-corrected chi connectivity index (χ2v) is 13.4. The van der Waals surface area contributed by atoms with E-state index in [-0.39, 0.29) is 54.0 Å². The second-order valence-electron chi connectivity index (χ2n) is 11.8. The first-order valence-corrected chi connectivity index (χ1v) is 15.7. The molecule has 0 aromatic heterocycles. The summed E-state index contributed by atoms with van der Waals surface area (Å²) in [6, 6.07) is 6.03. The number of carbonyl (C=O) groups is 4. The van der Waals surface area contributed by atoms with Gasteiger partial charge in [0.1, 0.15) is 6.04 Å². The zero-order valence-electron chi connectivity index (χ0n) is 25.8. The van der Waals surface area contributed by atoms with Crippen LogP contribution in [0.3, 0.4) is 0 Å². The third-order valence-electron chi connectivity index (χ3n) is 8.73. The summed E-state index contributed by atoms with van der Waals surface area (Å²) in [5.41, 5.74) is 6.29. The fourth-order valence-corrected chi connectivity index (χ4v) is 7.63. The largest absolute Gasteiger partial charge is 0.504 e. The predicted octanol–water partition coefficient (Wildman–Crippen LogP) is 1.31. The van der Waals surface area contributed by atoms with Crippen LogP contribution in [0, 0.1) is 11.3 Å².